The van der Waals surface area contributed by atoms with Crippen molar-refractivity contribution in [1.29, 1.82) is 0 Å². The minimum Gasteiger partial charge on any atom is -0.488 e. The summed E-state index contributed by atoms with van der Waals surface area (Å²) in [4.78, 5) is 38.1. The van der Waals surface area contributed by atoms with E-state index in [0.717, 1.165) is 22.2 Å². The highest BCUT2D eigenvalue weighted by Gasteiger charge is 2.41. The van der Waals surface area contributed by atoms with Crippen molar-refractivity contribution < 1.29 is 23.9 Å². The number of benzene rings is 2. The molecule has 0 bridgehead atoms. The Morgan fingerprint density at radius 2 is 1.97 bits per heavy atom. The lowest BCUT2D eigenvalue weighted by Crippen LogP contribution is -2.42. The molecule has 2 amide bonds. The fourth-order valence-corrected chi connectivity index (χ4v) is 4.73. The maximum Gasteiger partial charge on any atom is 0.329 e. The summed E-state index contributed by atoms with van der Waals surface area (Å²) >= 11 is 16.3. The van der Waals surface area contributed by atoms with E-state index in [1.54, 1.807) is 49.4 Å². The monoisotopic (exact) mass is 557 g/mol. The van der Waals surface area contributed by atoms with Crippen LogP contribution in [0, 0.1) is 0 Å². The van der Waals surface area contributed by atoms with Crippen LogP contribution >= 0.6 is 50.9 Å². The van der Waals surface area contributed by atoms with Gasteiger partial charge in [-0.2, -0.15) is 0 Å². The first-order valence-electron chi connectivity index (χ1n) is 9.51. The number of halogens is 3. The molecule has 2 aromatic rings. The Balaban J connectivity index is 1.72. The molecular formula is C22H18BrCl2NO5S. The molecule has 3 rings (SSSR count). The van der Waals surface area contributed by atoms with Crippen LogP contribution in [0.25, 0.3) is 6.08 Å². The Bertz CT molecular complexity index is 1110. The second-order valence-corrected chi connectivity index (χ2v) is 9.39. The molecule has 0 N–H and O–H groups in total. The van der Waals surface area contributed by atoms with Crippen LogP contribution in [0.3, 0.4) is 0 Å². The molecule has 32 heavy (non-hydrogen) atoms. The van der Waals surface area contributed by atoms with E-state index < -0.39 is 23.2 Å². The molecule has 2 aromatic carbocycles. The Morgan fingerprint density at radius 3 is 2.62 bits per heavy atom. The third-order valence-electron chi connectivity index (χ3n) is 4.49. The first kappa shape index (κ1) is 24.6. The van der Waals surface area contributed by atoms with Gasteiger partial charge in [0.1, 0.15) is 18.4 Å². The average molecular weight is 559 g/mol. The van der Waals surface area contributed by atoms with Gasteiger partial charge >= 0.3 is 5.97 Å². The minimum atomic E-state index is -0.990. The van der Waals surface area contributed by atoms with Gasteiger partial charge in [0, 0.05) is 15.6 Å². The topological polar surface area (TPSA) is 72.9 Å². The van der Waals surface area contributed by atoms with Crippen molar-refractivity contribution in [3.8, 4) is 5.75 Å². The second-order valence-electron chi connectivity index (χ2n) is 6.69. The number of amides is 2. The summed E-state index contributed by atoms with van der Waals surface area (Å²) in [5.41, 5.74) is 1.47. The summed E-state index contributed by atoms with van der Waals surface area (Å²) in [5.74, 6) is -0.576. The summed E-state index contributed by atoms with van der Waals surface area (Å²) < 4.78 is 11.4. The molecule has 6 nitrogen and oxygen atoms in total. The average Bonchev–Trinajstić information content (AvgIpc) is 3.01. The Labute approximate surface area is 208 Å². The quantitative estimate of drug-likeness (QED) is 0.292. The van der Waals surface area contributed by atoms with Gasteiger partial charge < -0.3 is 9.47 Å². The van der Waals surface area contributed by atoms with E-state index in [9.17, 15) is 14.4 Å². The standard InChI is InChI=1S/C22H18BrCl2NO5S/c1-3-30-21(28)12(2)26-20(27)19(32-22(26)29)9-13-4-7-18(16(23)8-13)31-11-14-5-6-15(24)10-17(14)25/h4-10,12H,3,11H2,1-2H3/b19-9+/t12-/m1/s1. The maximum absolute atomic E-state index is 12.7. The van der Waals surface area contributed by atoms with Crippen molar-refractivity contribution >= 4 is 74.1 Å². The van der Waals surface area contributed by atoms with Crippen LogP contribution in [0.5, 0.6) is 5.75 Å². The molecule has 10 heteroatoms. The van der Waals surface area contributed by atoms with Gasteiger partial charge in [-0.3, -0.25) is 14.5 Å². The Hall–Kier alpha value is -2.00. The summed E-state index contributed by atoms with van der Waals surface area (Å²) in [6.07, 6.45) is 1.59. The van der Waals surface area contributed by atoms with Crippen LogP contribution in [-0.2, 0) is 20.9 Å². The fourth-order valence-electron chi connectivity index (χ4n) is 2.85. The number of hydrogen-bond acceptors (Lipinski definition) is 6. The van der Waals surface area contributed by atoms with Crippen molar-refractivity contribution in [3.05, 3.63) is 66.9 Å². The highest BCUT2D eigenvalue weighted by molar-refractivity contribution is 9.10. The van der Waals surface area contributed by atoms with Crippen LogP contribution < -0.4 is 4.74 Å². The lowest BCUT2D eigenvalue weighted by atomic mass is 10.2. The molecule has 1 heterocycles. The van der Waals surface area contributed by atoms with Crippen molar-refractivity contribution in [3.63, 3.8) is 0 Å². The zero-order valence-corrected chi connectivity index (χ0v) is 21.0. The van der Waals surface area contributed by atoms with E-state index >= 15 is 0 Å². The van der Waals surface area contributed by atoms with Gasteiger partial charge in [0.05, 0.1) is 16.0 Å². The molecule has 0 aliphatic carbocycles. The molecule has 0 spiro atoms. The number of hydrogen-bond donors (Lipinski definition) is 0. The number of carbonyl (C=O) groups is 3. The molecule has 0 saturated carbocycles. The van der Waals surface area contributed by atoms with Crippen LogP contribution in [0.2, 0.25) is 10.0 Å². The van der Waals surface area contributed by atoms with Crippen LogP contribution in [0.1, 0.15) is 25.0 Å². The fraction of sp³-hybridized carbons (Fsp3) is 0.227. The van der Waals surface area contributed by atoms with Crippen molar-refractivity contribution in [1.82, 2.24) is 4.90 Å². The molecule has 168 valence electrons. The molecular weight excluding hydrogens is 541 g/mol. The lowest BCUT2D eigenvalue weighted by molar-refractivity contribution is -0.150. The number of ether oxygens (including phenoxy) is 2. The zero-order valence-electron chi connectivity index (χ0n) is 17.1. The van der Waals surface area contributed by atoms with E-state index in [0.29, 0.717) is 25.8 Å². The summed E-state index contributed by atoms with van der Waals surface area (Å²) in [5, 5.41) is 0.545. The molecule has 1 saturated heterocycles. The predicted octanol–water partition coefficient (Wildman–Crippen LogP) is 6.32. The third kappa shape index (κ3) is 5.67. The number of rotatable bonds is 7. The van der Waals surface area contributed by atoms with Crippen molar-refractivity contribution in [2.24, 2.45) is 0 Å². The first-order valence-corrected chi connectivity index (χ1v) is 11.9. The molecule has 0 aromatic heterocycles. The molecule has 1 atom stereocenters. The van der Waals surface area contributed by atoms with Crippen molar-refractivity contribution in [2.45, 2.75) is 26.5 Å². The van der Waals surface area contributed by atoms with Gasteiger partial charge in [0.15, 0.2) is 0 Å². The second kappa shape index (κ2) is 10.7. The van der Waals surface area contributed by atoms with Gasteiger partial charge in [-0.15, -0.1) is 0 Å². The zero-order chi connectivity index (χ0) is 23.4. The van der Waals surface area contributed by atoms with Gasteiger partial charge in [-0.25, -0.2) is 4.79 Å². The number of thioether (sulfide) groups is 1. The van der Waals surface area contributed by atoms with E-state index in [-0.39, 0.29) is 18.1 Å². The SMILES string of the molecule is CCOC(=O)[C@@H](C)N1C(=O)S/C(=C/c2ccc(OCc3ccc(Cl)cc3Cl)c(Br)c2)C1=O. The normalized spacial score (nSPS) is 15.9. The van der Waals surface area contributed by atoms with Gasteiger partial charge in [-0.1, -0.05) is 35.3 Å². The number of nitrogens with zero attached hydrogens (tertiary/aromatic N) is 1. The predicted molar refractivity (Wildman–Crippen MR) is 129 cm³/mol. The maximum atomic E-state index is 12.7. The molecule has 0 unspecified atom stereocenters. The highest BCUT2D eigenvalue weighted by Crippen LogP contribution is 2.35. The summed E-state index contributed by atoms with van der Waals surface area (Å²) in [7, 11) is 0. The number of imide groups is 1. The lowest BCUT2D eigenvalue weighted by Gasteiger charge is -2.19. The molecule has 1 aliphatic heterocycles. The summed E-state index contributed by atoms with van der Waals surface area (Å²) in [6, 6.07) is 9.45. The Morgan fingerprint density at radius 1 is 1.22 bits per heavy atom. The van der Waals surface area contributed by atoms with Crippen LogP contribution in [0.4, 0.5) is 4.79 Å². The smallest absolute Gasteiger partial charge is 0.329 e. The van der Waals surface area contributed by atoms with Crippen molar-refractivity contribution in [2.75, 3.05) is 6.61 Å². The van der Waals surface area contributed by atoms with E-state index in [1.807, 2.05) is 0 Å². The van der Waals surface area contributed by atoms with Crippen LogP contribution in [0.15, 0.2) is 45.8 Å². The van der Waals surface area contributed by atoms with E-state index in [4.69, 9.17) is 32.7 Å². The largest absolute Gasteiger partial charge is 0.488 e. The molecule has 1 aliphatic rings. The Kier molecular flexibility index (Phi) is 8.27. The van der Waals surface area contributed by atoms with E-state index in [2.05, 4.69) is 15.9 Å². The van der Waals surface area contributed by atoms with E-state index in [1.165, 1.54) is 6.92 Å². The van der Waals surface area contributed by atoms with Gasteiger partial charge in [-0.05, 0) is 77.4 Å². The first-order chi connectivity index (χ1) is 15.2. The summed E-state index contributed by atoms with van der Waals surface area (Å²) in [6.45, 7) is 3.54. The highest BCUT2D eigenvalue weighted by atomic mass is 79.9. The molecule has 0 radical (unpaired) electrons. The number of esters is 1. The number of carbonyl (C=O) groups excluding carboxylic acids is 3. The van der Waals surface area contributed by atoms with Crippen LogP contribution in [-0.4, -0.2) is 34.7 Å². The minimum absolute atomic E-state index is 0.169. The third-order valence-corrected chi connectivity index (χ3v) is 6.58. The molecule has 1 fully saturated rings. The van der Waals surface area contributed by atoms with Gasteiger partial charge in [0.2, 0.25) is 0 Å². The van der Waals surface area contributed by atoms with Gasteiger partial charge in [0.25, 0.3) is 11.1 Å².